The number of hydrogen-bond acceptors (Lipinski definition) is 6. The molecule has 4 aromatic rings. The third kappa shape index (κ3) is 4.90. The Morgan fingerprint density at radius 2 is 1.67 bits per heavy atom. The summed E-state index contributed by atoms with van der Waals surface area (Å²) in [4.78, 5) is 18.1. The maximum absolute atomic E-state index is 13.6. The van der Waals surface area contributed by atoms with Crippen molar-refractivity contribution in [1.82, 2.24) is 4.98 Å². The van der Waals surface area contributed by atoms with Gasteiger partial charge >= 0.3 is 0 Å². The van der Waals surface area contributed by atoms with Crippen molar-refractivity contribution in [1.29, 1.82) is 0 Å². The van der Waals surface area contributed by atoms with Crippen molar-refractivity contribution in [3.05, 3.63) is 83.7 Å². The van der Waals surface area contributed by atoms with Crippen LogP contribution in [0.2, 0.25) is 0 Å². The van der Waals surface area contributed by atoms with E-state index in [1.807, 2.05) is 44.2 Å². The zero-order chi connectivity index (χ0) is 23.4. The van der Waals surface area contributed by atoms with Gasteiger partial charge in [-0.15, -0.1) is 0 Å². The molecule has 1 aromatic heterocycles. The molecule has 0 aliphatic rings. The molecule has 3 aromatic carbocycles. The molecule has 0 N–H and O–H groups in total. The van der Waals surface area contributed by atoms with Gasteiger partial charge in [-0.1, -0.05) is 18.2 Å². The minimum absolute atomic E-state index is 0.0480. The minimum atomic E-state index is -0.215. The predicted octanol–water partition coefficient (Wildman–Crippen LogP) is 6.06. The van der Waals surface area contributed by atoms with Gasteiger partial charge in [0.2, 0.25) is 5.89 Å². The fraction of sp³-hybridized carbons (Fsp3) is 0.185. The van der Waals surface area contributed by atoms with Crippen LogP contribution in [-0.2, 0) is 0 Å². The molecule has 0 fully saturated rings. The molecule has 0 atom stereocenters. The predicted molar refractivity (Wildman–Crippen MR) is 128 cm³/mol. The van der Waals surface area contributed by atoms with Crippen molar-refractivity contribution in [2.24, 2.45) is 0 Å². The van der Waals surface area contributed by atoms with Crippen molar-refractivity contribution >= 4 is 28.5 Å². The standard InChI is InChI=1S/C27H25NO5/c1-17(2)32-20-12-10-19(11-13-20)26(29)21(27-28-22-7-5-6-8-23(22)33-27)15-18-9-14-24(30-3)25(16-18)31-4/h5-17H,1-4H3. The van der Waals surface area contributed by atoms with E-state index in [2.05, 4.69) is 4.98 Å². The SMILES string of the molecule is COc1ccc(C=C(C(=O)c2ccc(OC(C)C)cc2)c2nc3ccccc3o2)cc1OC. The molecule has 0 unspecified atom stereocenters. The smallest absolute Gasteiger partial charge is 0.231 e. The number of ketones is 1. The van der Waals surface area contributed by atoms with Crippen LogP contribution < -0.4 is 14.2 Å². The molecule has 0 radical (unpaired) electrons. The average Bonchev–Trinajstić information content (AvgIpc) is 3.26. The third-order valence-electron chi connectivity index (χ3n) is 4.98. The van der Waals surface area contributed by atoms with E-state index in [1.54, 1.807) is 56.7 Å². The highest BCUT2D eigenvalue weighted by Crippen LogP contribution is 2.31. The molecule has 33 heavy (non-hydrogen) atoms. The van der Waals surface area contributed by atoms with Crippen LogP contribution in [0.5, 0.6) is 17.2 Å². The summed E-state index contributed by atoms with van der Waals surface area (Å²) in [5, 5.41) is 0. The second kappa shape index (κ2) is 9.61. The number of rotatable bonds is 8. The number of ether oxygens (including phenoxy) is 3. The van der Waals surface area contributed by atoms with Gasteiger partial charge in [-0.2, -0.15) is 0 Å². The number of benzene rings is 3. The second-order valence-corrected chi connectivity index (χ2v) is 7.68. The molecule has 0 aliphatic carbocycles. The van der Waals surface area contributed by atoms with Gasteiger partial charge in [0.1, 0.15) is 11.3 Å². The number of Topliss-reactive ketones (excluding diaryl/α,β-unsaturated/α-hetero) is 1. The monoisotopic (exact) mass is 443 g/mol. The summed E-state index contributed by atoms with van der Waals surface area (Å²) in [5.41, 5.74) is 2.87. The van der Waals surface area contributed by atoms with E-state index in [-0.39, 0.29) is 17.8 Å². The molecule has 0 aliphatic heterocycles. The van der Waals surface area contributed by atoms with Crippen LogP contribution in [0.3, 0.4) is 0 Å². The number of nitrogens with zero attached hydrogens (tertiary/aromatic N) is 1. The Hall–Kier alpha value is -4.06. The molecule has 4 rings (SSSR count). The maximum atomic E-state index is 13.6. The Morgan fingerprint density at radius 3 is 2.33 bits per heavy atom. The number of para-hydroxylation sites is 2. The minimum Gasteiger partial charge on any atom is -0.493 e. The molecule has 0 saturated heterocycles. The van der Waals surface area contributed by atoms with Crippen LogP contribution in [-0.4, -0.2) is 31.1 Å². The van der Waals surface area contributed by atoms with Gasteiger partial charge in [-0.05, 0) is 74.0 Å². The average molecular weight is 443 g/mol. The van der Waals surface area contributed by atoms with Gasteiger partial charge in [0.25, 0.3) is 0 Å². The summed E-state index contributed by atoms with van der Waals surface area (Å²) in [6.45, 7) is 3.91. The van der Waals surface area contributed by atoms with Crippen LogP contribution in [0.15, 0.2) is 71.1 Å². The quantitative estimate of drug-likeness (QED) is 0.244. The fourth-order valence-corrected chi connectivity index (χ4v) is 3.43. The van der Waals surface area contributed by atoms with Gasteiger partial charge in [0.15, 0.2) is 22.9 Å². The second-order valence-electron chi connectivity index (χ2n) is 7.68. The largest absolute Gasteiger partial charge is 0.493 e. The van der Waals surface area contributed by atoms with Crippen LogP contribution in [0.1, 0.15) is 35.7 Å². The van der Waals surface area contributed by atoms with Gasteiger partial charge in [0.05, 0.1) is 25.9 Å². The lowest BCUT2D eigenvalue weighted by atomic mass is 10.0. The summed E-state index contributed by atoms with van der Waals surface area (Å²) < 4.78 is 22.4. The van der Waals surface area contributed by atoms with Crippen LogP contribution >= 0.6 is 0 Å². The Balaban J connectivity index is 1.79. The van der Waals surface area contributed by atoms with Gasteiger partial charge < -0.3 is 18.6 Å². The highest BCUT2D eigenvalue weighted by Gasteiger charge is 2.21. The number of hydrogen-bond donors (Lipinski definition) is 0. The molecule has 1 heterocycles. The lowest BCUT2D eigenvalue weighted by Crippen LogP contribution is -2.06. The van der Waals surface area contributed by atoms with Crippen molar-refractivity contribution in [2.45, 2.75) is 20.0 Å². The van der Waals surface area contributed by atoms with Gasteiger partial charge in [-0.3, -0.25) is 4.79 Å². The molecule has 0 spiro atoms. The van der Waals surface area contributed by atoms with E-state index >= 15 is 0 Å². The Labute approximate surface area is 192 Å². The lowest BCUT2D eigenvalue weighted by molar-refractivity contribution is 0.105. The van der Waals surface area contributed by atoms with Gasteiger partial charge in [-0.25, -0.2) is 4.98 Å². The summed E-state index contributed by atoms with van der Waals surface area (Å²) in [6, 6.07) is 19.9. The number of fused-ring (bicyclic) bond motifs is 1. The normalized spacial score (nSPS) is 11.6. The van der Waals surface area contributed by atoms with Crippen molar-refractivity contribution in [3.63, 3.8) is 0 Å². The summed E-state index contributed by atoms with van der Waals surface area (Å²) in [7, 11) is 3.15. The first-order chi connectivity index (χ1) is 16.0. The Kier molecular flexibility index (Phi) is 6.45. The molecule has 6 heteroatoms. The number of carbonyl (C=O) groups excluding carboxylic acids is 1. The van der Waals surface area contributed by atoms with E-state index in [1.165, 1.54) is 0 Å². The molecule has 0 amide bonds. The fourth-order valence-electron chi connectivity index (χ4n) is 3.43. The highest BCUT2D eigenvalue weighted by molar-refractivity contribution is 6.31. The van der Waals surface area contributed by atoms with Crippen LogP contribution in [0.25, 0.3) is 22.7 Å². The lowest BCUT2D eigenvalue weighted by Gasteiger charge is -2.11. The number of allylic oxidation sites excluding steroid dienone is 1. The summed E-state index contributed by atoms with van der Waals surface area (Å²) in [5.74, 6) is 1.90. The third-order valence-corrected chi connectivity index (χ3v) is 4.98. The Morgan fingerprint density at radius 1 is 0.939 bits per heavy atom. The van der Waals surface area contributed by atoms with Crippen LogP contribution in [0, 0.1) is 0 Å². The summed E-state index contributed by atoms with van der Waals surface area (Å²) in [6.07, 6.45) is 1.79. The first-order valence-corrected chi connectivity index (χ1v) is 10.6. The molecular formula is C27H25NO5. The van der Waals surface area contributed by atoms with Crippen molar-refractivity contribution < 1.29 is 23.4 Å². The number of aromatic nitrogens is 1. The number of oxazole rings is 1. The molecule has 0 saturated carbocycles. The summed E-state index contributed by atoms with van der Waals surface area (Å²) >= 11 is 0. The van der Waals surface area contributed by atoms with E-state index in [9.17, 15) is 4.79 Å². The zero-order valence-electron chi connectivity index (χ0n) is 19.0. The molecular weight excluding hydrogens is 418 g/mol. The number of carbonyl (C=O) groups is 1. The van der Waals surface area contributed by atoms with E-state index < -0.39 is 0 Å². The molecule has 168 valence electrons. The topological polar surface area (TPSA) is 70.8 Å². The molecule has 6 nitrogen and oxygen atoms in total. The highest BCUT2D eigenvalue weighted by atomic mass is 16.5. The Bertz CT molecular complexity index is 1270. The van der Waals surface area contributed by atoms with Crippen molar-refractivity contribution in [2.75, 3.05) is 14.2 Å². The van der Waals surface area contributed by atoms with Crippen LogP contribution in [0.4, 0.5) is 0 Å². The first kappa shape index (κ1) is 22.1. The molecule has 0 bridgehead atoms. The number of methoxy groups -OCH3 is 2. The van der Waals surface area contributed by atoms with E-state index in [0.29, 0.717) is 39.5 Å². The van der Waals surface area contributed by atoms with Gasteiger partial charge in [0, 0.05) is 5.56 Å². The maximum Gasteiger partial charge on any atom is 0.231 e. The van der Waals surface area contributed by atoms with E-state index in [4.69, 9.17) is 18.6 Å². The van der Waals surface area contributed by atoms with E-state index in [0.717, 1.165) is 5.56 Å². The first-order valence-electron chi connectivity index (χ1n) is 10.6. The van der Waals surface area contributed by atoms with Crippen molar-refractivity contribution in [3.8, 4) is 17.2 Å². The zero-order valence-corrected chi connectivity index (χ0v) is 19.0.